The molecule has 1 aromatic heterocycles. The number of piperidine rings is 1. The molecule has 2 aliphatic rings. The van der Waals surface area contributed by atoms with Crippen LogP contribution in [0.1, 0.15) is 46.5 Å². The highest BCUT2D eigenvalue weighted by molar-refractivity contribution is 5.68. The molecule has 3 rings (SSSR count). The molecule has 1 aliphatic carbocycles. The number of hydrogen-bond acceptors (Lipinski definition) is 6. The Hall–Kier alpha value is -2.05. The zero-order chi connectivity index (χ0) is 17.2. The van der Waals surface area contributed by atoms with Crippen LogP contribution in [-0.2, 0) is 4.74 Å². The molecule has 0 radical (unpaired) electrons. The Bertz CT molecular complexity index is 575. The van der Waals surface area contributed by atoms with Gasteiger partial charge in [-0.3, -0.25) is 0 Å². The lowest BCUT2D eigenvalue weighted by molar-refractivity contribution is 0.0497. The van der Waals surface area contributed by atoms with Crippen molar-refractivity contribution >= 4 is 17.7 Å². The number of nitrogens with one attached hydrogen (secondary N) is 2. The van der Waals surface area contributed by atoms with Gasteiger partial charge in [0.25, 0.3) is 0 Å². The zero-order valence-electron chi connectivity index (χ0n) is 14.7. The smallest absolute Gasteiger partial charge is 0.407 e. The van der Waals surface area contributed by atoms with Crippen molar-refractivity contribution in [3.8, 4) is 0 Å². The first kappa shape index (κ1) is 16.8. The van der Waals surface area contributed by atoms with Crippen LogP contribution >= 0.6 is 0 Å². The second-order valence-electron chi connectivity index (χ2n) is 7.59. The van der Waals surface area contributed by atoms with E-state index in [1.54, 1.807) is 6.33 Å². The van der Waals surface area contributed by atoms with E-state index >= 15 is 0 Å². The number of carbonyl (C=O) groups excluding carboxylic acids is 1. The third-order valence-corrected chi connectivity index (χ3v) is 4.12. The van der Waals surface area contributed by atoms with Crippen LogP contribution in [-0.4, -0.2) is 46.8 Å². The Morgan fingerprint density at radius 3 is 2.50 bits per heavy atom. The quantitative estimate of drug-likeness (QED) is 0.881. The van der Waals surface area contributed by atoms with Gasteiger partial charge in [-0.2, -0.15) is 0 Å². The molecule has 2 N–H and O–H groups in total. The summed E-state index contributed by atoms with van der Waals surface area (Å²) in [6.45, 7) is 7.34. The number of ether oxygens (including phenoxy) is 1. The van der Waals surface area contributed by atoms with Crippen LogP contribution in [0.4, 0.5) is 16.4 Å². The van der Waals surface area contributed by atoms with Crippen LogP contribution in [0, 0.1) is 0 Å². The fourth-order valence-corrected chi connectivity index (χ4v) is 2.76. The molecular weight excluding hydrogens is 306 g/mol. The lowest BCUT2D eigenvalue weighted by Crippen LogP contribution is -2.46. The summed E-state index contributed by atoms with van der Waals surface area (Å²) >= 11 is 0. The first-order valence-corrected chi connectivity index (χ1v) is 8.72. The van der Waals surface area contributed by atoms with E-state index in [2.05, 4.69) is 25.5 Å². The van der Waals surface area contributed by atoms with Gasteiger partial charge in [0.05, 0.1) is 0 Å². The van der Waals surface area contributed by atoms with Crippen molar-refractivity contribution in [2.45, 2.75) is 64.1 Å². The van der Waals surface area contributed by atoms with E-state index in [1.807, 2.05) is 26.8 Å². The molecule has 1 saturated carbocycles. The Balaban J connectivity index is 1.48. The summed E-state index contributed by atoms with van der Waals surface area (Å²) in [6, 6.07) is 2.75. The van der Waals surface area contributed by atoms with E-state index in [0.29, 0.717) is 6.04 Å². The topological polar surface area (TPSA) is 79.4 Å². The molecule has 1 aliphatic heterocycles. The van der Waals surface area contributed by atoms with E-state index in [-0.39, 0.29) is 12.1 Å². The molecule has 0 atom stereocenters. The minimum Gasteiger partial charge on any atom is -0.444 e. The van der Waals surface area contributed by atoms with Crippen LogP contribution < -0.4 is 15.5 Å². The maximum Gasteiger partial charge on any atom is 0.407 e. The van der Waals surface area contributed by atoms with Gasteiger partial charge in [-0.15, -0.1) is 0 Å². The number of nitrogens with zero attached hydrogens (tertiary/aromatic N) is 3. The number of hydrogen-bond donors (Lipinski definition) is 2. The average molecular weight is 333 g/mol. The molecule has 1 aromatic rings. The van der Waals surface area contributed by atoms with Crippen molar-refractivity contribution in [2.75, 3.05) is 23.3 Å². The summed E-state index contributed by atoms with van der Waals surface area (Å²) in [6.07, 6.45) is 5.50. The van der Waals surface area contributed by atoms with Gasteiger partial charge in [0.2, 0.25) is 0 Å². The Morgan fingerprint density at radius 1 is 1.17 bits per heavy atom. The standard InChI is InChI=1S/C17H27N5O2/c1-17(2,3)24-16(23)21-13-6-8-22(9-7-13)15-10-14(18-11-19-15)20-12-4-5-12/h10-13H,4-9H2,1-3H3,(H,21,23)(H,18,19,20). The number of amides is 1. The second-order valence-corrected chi connectivity index (χ2v) is 7.59. The van der Waals surface area contributed by atoms with Crippen molar-refractivity contribution < 1.29 is 9.53 Å². The van der Waals surface area contributed by atoms with Crippen molar-refractivity contribution in [3.05, 3.63) is 12.4 Å². The predicted octanol–water partition coefficient (Wildman–Crippen LogP) is 2.54. The normalized spacial score (nSPS) is 19.0. The molecule has 1 amide bonds. The third kappa shape index (κ3) is 4.97. The highest BCUT2D eigenvalue weighted by Crippen LogP contribution is 2.25. The molecule has 132 valence electrons. The first-order chi connectivity index (χ1) is 11.4. The van der Waals surface area contributed by atoms with Gasteiger partial charge in [0.1, 0.15) is 23.6 Å². The highest BCUT2D eigenvalue weighted by atomic mass is 16.6. The monoisotopic (exact) mass is 333 g/mol. The summed E-state index contributed by atoms with van der Waals surface area (Å²) in [5, 5.41) is 6.36. The van der Waals surface area contributed by atoms with Crippen LogP contribution in [0.2, 0.25) is 0 Å². The fraction of sp³-hybridized carbons (Fsp3) is 0.706. The molecule has 0 spiro atoms. The number of anilines is 2. The molecule has 0 aromatic carbocycles. The van der Waals surface area contributed by atoms with Crippen LogP contribution in [0.3, 0.4) is 0 Å². The predicted molar refractivity (Wildman–Crippen MR) is 93.3 cm³/mol. The maximum atomic E-state index is 11.9. The van der Waals surface area contributed by atoms with Crippen molar-refractivity contribution in [1.29, 1.82) is 0 Å². The molecule has 0 bridgehead atoms. The average Bonchev–Trinajstić information content (AvgIpc) is 3.30. The minimum absolute atomic E-state index is 0.155. The van der Waals surface area contributed by atoms with E-state index in [9.17, 15) is 4.79 Å². The van der Waals surface area contributed by atoms with Gasteiger partial charge < -0.3 is 20.3 Å². The van der Waals surface area contributed by atoms with Crippen LogP contribution in [0.5, 0.6) is 0 Å². The Kier molecular flexibility index (Phi) is 4.78. The lowest BCUT2D eigenvalue weighted by Gasteiger charge is -2.33. The largest absolute Gasteiger partial charge is 0.444 e. The number of aromatic nitrogens is 2. The van der Waals surface area contributed by atoms with E-state index in [1.165, 1.54) is 12.8 Å². The number of carbonyl (C=O) groups is 1. The molecular formula is C17H27N5O2. The summed E-state index contributed by atoms with van der Waals surface area (Å²) in [7, 11) is 0. The van der Waals surface area contributed by atoms with Crippen molar-refractivity contribution in [2.24, 2.45) is 0 Å². The Morgan fingerprint density at radius 2 is 1.88 bits per heavy atom. The summed E-state index contributed by atoms with van der Waals surface area (Å²) in [5.74, 6) is 1.85. The van der Waals surface area contributed by atoms with Crippen LogP contribution in [0.25, 0.3) is 0 Å². The number of alkyl carbamates (subject to hydrolysis) is 1. The van der Waals surface area contributed by atoms with E-state index < -0.39 is 5.60 Å². The van der Waals surface area contributed by atoms with E-state index in [0.717, 1.165) is 37.6 Å². The minimum atomic E-state index is -0.462. The molecule has 2 heterocycles. The molecule has 24 heavy (non-hydrogen) atoms. The molecule has 1 saturated heterocycles. The maximum absolute atomic E-state index is 11.9. The van der Waals surface area contributed by atoms with Crippen LogP contribution in [0.15, 0.2) is 12.4 Å². The number of rotatable bonds is 4. The summed E-state index contributed by atoms with van der Waals surface area (Å²) in [4.78, 5) is 22.8. The second kappa shape index (κ2) is 6.83. The highest BCUT2D eigenvalue weighted by Gasteiger charge is 2.25. The Labute approximate surface area is 143 Å². The molecule has 2 fully saturated rings. The van der Waals surface area contributed by atoms with Gasteiger partial charge in [0, 0.05) is 31.2 Å². The van der Waals surface area contributed by atoms with Gasteiger partial charge in [-0.1, -0.05) is 0 Å². The third-order valence-electron chi connectivity index (χ3n) is 4.12. The SMILES string of the molecule is CC(C)(C)OC(=O)NC1CCN(c2cc(NC3CC3)ncn2)CC1. The first-order valence-electron chi connectivity index (χ1n) is 8.72. The van der Waals surface area contributed by atoms with Gasteiger partial charge >= 0.3 is 6.09 Å². The molecule has 0 unspecified atom stereocenters. The molecule has 7 nitrogen and oxygen atoms in total. The van der Waals surface area contributed by atoms with Gasteiger partial charge in [-0.25, -0.2) is 14.8 Å². The lowest BCUT2D eigenvalue weighted by atomic mass is 10.1. The van der Waals surface area contributed by atoms with Gasteiger partial charge in [-0.05, 0) is 46.5 Å². The van der Waals surface area contributed by atoms with E-state index in [4.69, 9.17) is 4.74 Å². The van der Waals surface area contributed by atoms with Crippen molar-refractivity contribution in [1.82, 2.24) is 15.3 Å². The summed E-state index contributed by atoms with van der Waals surface area (Å²) < 4.78 is 5.32. The van der Waals surface area contributed by atoms with Crippen molar-refractivity contribution in [3.63, 3.8) is 0 Å². The molecule has 7 heteroatoms. The summed E-state index contributed by atoms with van der Waals surface area (Å²) in [5.41, 5.74) is -0.462. The van der Waals surface area contributed by atoms with Gasteiger partial charge in [0.15, 0.2) is 0 Å². The fourth-order valence-electron chi connectivity index (χ4n) is 2.76. The zero-order valence-corrected chi connectivity index (χ0v) is 14.7.